The zero-order valence-electron chi connectivity index (χ0n) is 7.64. The fourth-order valence-electron chi connectivity index (χ4n) is 0.993. The lowest BCUT2D eigenvalue weighted by atomic mass is 10.2. The first-order chi connectivity index (χ1) is 6.04. The van der Waals surface area contributed by atoms with E-state index in [4.69, 9.17) is 0 Å². The Morgan fingerprint density at radius 2 is 2.15 bits per heavy atom. The van der Waals surface area contributed by atoms with Gasteiger partial charge in [0, 0.05) is 19.7 Å². The predicted molar refractivity (Wildman–Crippen MR) is 46.6 cm³/mol. The number of aromatic nitrogens is 1. The summed E-state index contributed by atoms with van der Waals surface area (Å²) in [6.07, 6.45) is 1.46. The van der Waals surface area contributed by atoms with Crippen LogP contribution in [-0.4, -0.2) is 12.0 Å². The van der Waals surface area contributed by atoms with Gasteiger partial charge in [-0.1, -0.05) is 6.07 Å². The molecule has 0 aliphatic rings. The largest absolute Gasteiger partial charge is 0.316 e. The van der Waals surface area contributed by atoms with Crippen molar-refractivity contribution in [2.24, 2.45) is 0 Å². The minimum Gasteiger partial charge on any atom is -0.316 e. The van der Waals surface area contributed by atoms with Gasteiger partial charge < -0.3 is 5.32 Å². The van der Waals surface area contributed by atoms with E-state index in [2.05, 4.69) is 10.3 Å². The molecule has 0 spiro atoms. The zero-order chi connectivity index (χ0) is 9.90. The molecule has 1 aromatic rings. The van der Waals surface area contributed by atoms with Gasteiger partial charge in [0.1, 0.15) is 5.69 Å². The third kappa shape index (κ3) is 2.73. The third-order valence-corrected chi connectivity index (χ3v) is 1.66. The fourth-order valence-corrected chi connectivity index (χ4v) is 0.993. The van der Waals surface area contributed by atoms with E-state index in [1.54, 1.807) is 13.1 Å². The first kappa shape index (κ1) is 10.1. The van der Waals surface area contributed by atoms with Crippen molar-refractivity contribution in [3.63, 3.8) is 0 Å². The van der Waals surface area contributed by atoms with E-state index in [-0.39, 0.29) is 5.69 Å². The Bertz CT molecular complexity index is 264. The number of rotatable bonds is 3. The van der Waals surface area contributed by atoms with Crippen LogP contribution in [0.3, 0.4) is 0 Å². The van der Waals surface area contributed by atoms with E-state index in [1.807, 2.05) is 0 Å². The molecule has 0 aromatic carbocycles. The molecule has 0 bridgehead atoms. The molecule has 1 aromatic heterocycles. The molecule has 1 heterocycles. The SMILES string of the molecule is CNCc1ccc(C(C)(F)F)nc1. The van der Waals surface area contributed by atoms with E-state index in [1.165, 1.54) is 12.3 Å². The molecule has 0 amide bonds. The van der Waals surface area contributed by atoms with Crippen molar-refractivity contribution in [2.45, 2.75) is 19.4 Å². The Morgan fingerprint density at radius 1 is 1.46 bits per heavy atom. The van der Waals surface area contributed by atoms with Crippen LogP contribution in [0, 0.1) is 0 Å². The molecule has 0 aliphatic carbocycles. The minimum atomic E-state index is -2.85. The number of alkyl halides is 2. The van der Waals surface area contributed by atoms with Gasteiger partial charge in [-0.15, -0.1) is 0 Å². The third-order valence-electron chi connectivity index (χ3n) is 1.66. The maximum Gasteiger partial charge on any atom is 0.286 e. The first-order valence-corrected chi connectivity index (χ1v) is 4.02. The summed E-state index contributed by atoms with van der Waals surface area (Å²) in [5.74, 6) is -2.85. The number of pyridine rings is 1. The number of nitrogens with one attached hydrogen (secondary N) is 1. The molecule has 13 heavy (non-hydrogen) atoms. The maximum absolute atomic E-state index is 12.7. The maximum atomic E-state index is 12.7. The molecule has 4 heteroatoms. The molecule has 2 nitrogen and oxygen atoms in total. The zero-order valence-corrected chi connectivity index (χ0v) is 7.64. The summed E-state index contributed by atoms with van der Waals surface area (Å²) >= 11 is 0. The smallest absolute Gasteiger partial charge is 0.286 e. The minimum absolute atomic E-state index is 0.188. The van der Waals surface area contributed by atoms with Crippen molar-refractivity contribution in [3.8, 4) is 0 Å². The fraction of sp³-hybridized carbons (Fsp3) is 0.444. The van der Waals surface area contributed by atoms with E-state index in [0.29, 0.717) is 6.54 Å². The Balaban J connectivity index is 2.81. The van der Waals surface area contributed by atoms with Gasteiger partial charge in [0.05, 0.1) is 0 Å². The highest BCUT2D eigenvalue weighted by atomic mass is 19.3. The molecule has 1 rings (SSSR count). The van der Waals surface area contributed by atoms with Crippen LogP contribution in [0.4, 0.5) is 8.78 Å². The van der Waals surface area contributed by atoms with Crippen LogP contribution in [0.5, 0.6) is 0 Å². The standard InChI is InChI=1S/C9H12F2N2/c1-9(10,11)8-4-3-7(5-12-2)6-13-8/h3-4,6,12H,5H2,1-2H3. The second-order valence-electron chi connectivity index (χ2n) is 2.97. The normalized spacial score (nSPS) is 11.7. The molecule has 0 radical (unpaired) electrons. The topological polar surface area (TPSA) is 24.9 Å². The Kier molecular flexibility index (Phi) is 2.93. The predicted octanol–water partition coefficient (Wildman–Crippen LogP) is 1.91. The molecule has 0 saturated heterocycles. The van der Waals surface area contributed by atoms with Gasteiger partial charge in [-0.25, -0.2) is 0 Å². The lowest BCUT2D eigenvalue weighted by molar-refractivity contribution is 0.0127. The van der Waals surface area contributed by atoms with Crippen LogP contribution in [0.15, 0.2) is 18.3 Å². The van der Waals surface area contributed by atoms with E-state index >= 15 is 0 Å². The van der Waals surface area contributed by atoms with Crippen LogP contribution in [0.25, 0.3) is 0 Å². The summed E-state index contributed by atoms with van der Waals surface area (Å²) in [4.78, 5) is 3.68. The number of nitrogens with zero attached hydrogens (tertiary/aromatic N) is 1. The van der Waals surface area contributed by atoms with Gasteiger partial charge >= 0.3 is 0 Å². The summed E-state index contributed by atoms with van der Waals surface area (Å²) in [6.45, 7) is 1.48. The van der Waals surface area contributed by atoms with E-state index < -0.39 is 5.92 Å². The molecule has 0 unspecified atom stereocenters. The molecule has 0 aliphatic heterocycles. The molecule has 0 saturated carbocycles. The van der Waals surface area contributed by atoms with Crippen LogP contribution >= 0.6 is 0 Å². The average molecular weight is 186 g/mol. The van der Waals surface area contributed by atoms with Crippen molar-refractivity contribution in [3.05, 3.63) is 29.6 Å². The van der Waals surface area contributed by atoms with Crippen molar-refractivity contribution >= 4 is 0 Å². The van der Waals surface area contributed by atoms with Gasteiger partial charge in [0.25, 0.3) is 5.92 Å². The van der Waals surface area contributed by atoms with E-state index in [9.17, 15) is 8.78 Å². The van der Waals surface area contributed by atoms with E-state index in [0.717, 1.165) is 12.5 Å². The molecular formula is C9H12F2N2. The lowest BCUT2D eigenvalue weighted by Gasteiger charge is -2.09. The first-order valence-electron chi connectivity index (χ1n) is 4.02. The lowest BCUT2D eigenvalue weighted by Crippen LogP contribution is -2.11. The summed E-state index contributed by atoms with van der Waals surface area (Å²) in [5.41, 5.74) is 0.711. The molecule has 0 fully saturated rings. The van der Waals surface area contributed by atoms with Crippen molar-refractivity contribution in [1.82, 2.24) is 10.3 Å². The van der Waals surface area contributed by atoms with Crippen molar-refractivity contribution in [1.29, 1.82) is 0 Å². The quantitative estimate of drug-likeness (QED) is 0.780. The van der Waals surface area contributed by atoms with Crippen LogP contribution in [0.2, 0.25) is 0 Å². The van der Waals surface area contributed by atoms with Crippen molar-refractivity contribution < 1.29 is 8.78 Å². The van der Waals surface area contributed by atoms with Gasteiger partial charge in [-0.3, -0.25) is 4.98 Å². The second kappa shape index (κ2) is 3.79. The molecule has 1 N–H and O–H groups in total. The monoisotopic (exact) mass is 186 g/mol. The summed E-state index contributed by atoms with van der Waals surface area (Å²) in [5, 5.41) is 2.91. The molecule has 72 valence electrons. The average Bonchev–Trinajstić information content (AvgIpc) is 2.04. The highest BCUT2D eigenvalue weighted by Crippen LogP contribution is 2.24. The van der Waals surface area contributed by atoms with Gasteiger partial charge in [0.15, 0.2) is 0 Å². The summed E-state index contributed by atoms with van der Waals surface area (Å²) in [7, 11) is 1.79. The Hall–Kier alpha value is -1.03. The highest BCUT2D eigenvalue weighted by molar-refractivity contribution is 5.16. The number of halogens is 2. The number of hydrogen-bond donors (Lipinski definition) is 1. The van der Waals surface area contributed by atoms with Gasteiger partial charge in [-0.2, -0.15) is 8.78 Å². The second-order valence-corrected chi connectivity index (χ2v) is 2.97. The summed E-state index contributed by atoms with van der Waals surface area (Å²) < 4.78 is 25.4. The number of hydrogen-bond acceptors (Lipinski definition) is 2. The summed E-state index contributed by atoms with van der Waals surface area (Å²) in [6, 6.07) is 3.00. The Labute approximate surface area is 76.0 Å². The van der Waals surface area contributed by atoms with Gasteiger partial charge in [-0.05, 0) is 18.7 Å². The highest BCUT2D eigenvalue weighted by Gasteiger charge is 2.25. The van der Waals surface area contributed by atoms with Crippen LogP contribution in [-0.2, 0) is 12.5 Å². The van der Waals surface area contributed by atoms with Crippen molar-refractivity contribution in [2.75, 3.05) is 7.05 Å². The molecule has 0 atom stereocenters. The molecular weight excluding hydrogens is 174 g/mol. The Morgan fingerprint density at radius 3 is 2.54 bits per heavy atom. The van der Waals surface area contributed by atoms with Crippen LogP contribution in [0.1, 0.15) is 18.2 Å². The van der Waals surface area contributed by atoms with Crippen LogP contribution < -0.4 is 5.32 Å². The van der Waals surface area contributed by atoms with Gasteiger partial charge in [0.2, 0.25) is 0 Å².